The third-order valence-electron chi connectivity index (χ3n) is 4.31. The summed E-state index contributed by atoms with van der Waals surface area (Å²) in [5, 5.41) is 8.85. The summed E-state index contributed by atoms with van der Waals surface area (Å²) in [7, 11) is 0. The Morgan fingerprint density at radius 3 is 2.83 bits per heavy atom. The molecule has 2 heterocycles. The Morgan fingerprint density at radius 1 is 1.28 bits per heavy atom. The maximum absolute atomic E-state index is 10.8. The molecule has 2 fully saturated rings. The molecule has 1 aliphatic carbocycles. The molecule has 3 rings (SSSR count). The summed E-state index contributed by atoms with van der Waals surface area (Å²) in [4.78, 5) is 17.2. The van der Waals surface area contributed by atoms with E-state index in [1.165, 1.54) is 32.1 Å². The average molecular weight is 246 g/mol. The third-order valence-corrected chi connectivity index (χ3v) is 4.31. The Morgan fingerprint density at radius 2 is 2.11 bits per heavy atom. The van der Waals surface area contributed by atoms with Crippen molar-refractivity contribution >= 4 is 11.7 Å². The molecule has 0 spiro atoms. The Labute approximate surface area is 107 Å². The van der Waals surface area contributed by atoms with E-state index < -0.39 is 5.97 Å². The van der Waals surface area contributed by atoms with Crippen LogP contribution in [0.5, 0.6) is 0 Å². The van der Waals surface area contributed by atoms with Gasteiger partial charge in [0.1, 0.15) is 5.69 Å². The predicted octanol–water partition coefficient (Wildman–Crippen LogP) is 2.55. The van der Waals surface area contributed by atoms with Crippen molar-refractivity contribution in [2.45, 2.75) is 38.1 Å². The van der Waals surface area contributed by atoms with Crippen molar-refractivity contribution in [1.29, 1.82) is 0 Å². The fourth-order valence-electron chi connectivity index (χ4n) is 3.41. The number of hydrogen-bond acceptors (Lipinski definition) is 3. The van der Waals surface area contributed by atoms with E-state index in [1.807, 2.05) is 6.07 Å². The van der Waals surface area contributed by atoms with Crippen LogP contribution in [0.1, 0.15) is 42.6 Å². The van der Waals surface area contributed by atoms with Gasteiger partial charge in [0.05, 0.1) is 11.9 Å². The van der Waals surface area contributed by atoms with E-state index in [0.29, 0.717) is 6.04 Å². The Kier molecular flexibility index (Phi) is 2.94. The van der Waals surface area contributed by atoms with Crippen LogP contribution in [-0.4, -0.2) is 28.6 Å². The van der Waals surface area contributed by atoms with Crippen LogP contribution in [0.4, 0.5) is 5.69 Å². The molecule has 1 N–H and O–H groups in total. The highest BCUT2D eigenvalue weighted by molar-refractivity contribution is 5.85. The molecule has 1 aliphatic heterocycles. The summed E-state index contributed by atoms with van der Waals surface area (Å²) in [6.07, 6.45) is 8.28. The molecule has 0 radical (unpaired) electrons. The first-order valence-corrected chi connectivity index (χ1v) is 6.72. The van der Waals surface area contributed by atoms with E-state index in [0.717, 1.165) is 18.2 Å². The lowest BCUT2D eigenvalue weighted by Gasteiger charge is -2.32. The van der Waals surface area contributed by atoms with Crippen LogP contribution in [0.25, 0.3) is 0 Å². The van der Waals surface area contributed by atoms with Crippen LogP contribution >= 0.6 is 0 Å². The van der Waals surface area contributed by atoms with Gasteiger partial charge in [-0.1, -0.05) is 12.8 Å². The van der Waals surface area contributed by atoms with Gasteiger partial charge in [0.25, 0.3) is 0 Å². The van der Waals surface area contributed by atoms with E-state index in [9.17, 15) is 4.79 Å². The number of carbonyl (C=O) groups is 1. The highest BCUT2D eigenvalue weighted by atomic mass is 16.4. The molecule has 4 nitrogen and oxygen atoms in total. The highest BCUT2D eigenvalue weighted by Crippen LogP contribution is 2.38. The van der Waals surface area contributed by atoms with Crippen LogP contribution in [0.15, 0.2) is 18.3 Å². The quantitative estimate of drug-likeness (QED) is 0.871. The standard InChI is InChI=1S/C14H18N2O2/c17-14(18)12-6-5-11(9-15-12)16-8-7-10-3-1-2-4-13(10)16/h5-6,9-10,13H,1-4,7-8H2,(H,17,18). The van der Waals surface area contributed by atoms with Crippen molar-refractivity contribution in [2.75, 3.05) is 11.4 Å². The van der Waals surface area contributed by atoms with Gasteiger partial charge in [0.15, 0.2) is 0 Å². The number of carboxylic acid groups (broad SMARTS) is 1. The summed E-state index contributed by atoms with van der Waals surface area (Å²) in [5.41, 5.74) is 1.20. The summed E-state index contributed by atoms with van der Waals surface area (Å²) < 4.78 is 0. The van der Waals surface area contributed by atoms with E-state index in [4.69, 9.17) is 5.11 Å². The van der Waals surface area contributed by atoms with E-state index in [2.05, 4.69) is 9.88 Å². The third kappa shape index (κ3) is 1.96. The number of pyridine rings is 1. The number of hydrogen-bond donors (Lipinski definition) is 1. The zero-order valence-electron chi connectivity index (χ0n) is 10.4. The van der Waals surface area contributed by atoms with Gasteiger partial charge in [0, 0.05) is 12.6 Å². The number of rotatable bonds is 2. The number of aromatic carboxylic acids is 1. The van der Waals surface area contributed by atoms with Gasteiger partial charge in [-0.05, 0) is 37.3 Å². The molecule has 0 amide bonds. The molecule has 1 aromatic heterocycles. The molecular formula is C14H18N2O2. The van der Waals surface area contributed by atoms with Gasteiger partial charge in [-0.15, -0.1) is 0 Å². The largest absolute Gasteiger partial charge is 0.477 e. The maximum Gasteiger partial charge on any atom is 0.354 e. The van der Waals surface area contributed by atoms with Crippen LogP contribution in [0, 0.1) is 5.92 Å². The monoisotopic (exact) mass is 246 g/mol. The normalized spacial score (nSPS) is 27.0. The zero-order chi connectivity index (χ0) is 12.5. The highest BCUT2D eigenvalue weighted by Gasteiger charge is 2.35. The van der Waals surface area contributed by atoms with Gasteiger partial charge in [-0.25, -0.2) is 9.78 Å². The van der Waals surface area contributed by atoms with Crippen LogP contribution in [0.2, 0.25) is 0 Å². The molecule has 96 valence electrons. The first-order chi connectivity index (χ1) is 8.75. The van der Waals surface area contributed by atoms with Crippen molar-refractivity contribution in [2.24, 2.45) is 5.92 Å². The molecule has 0 bridgehead atoms. The number of nitrogens with zero attached hydrogens (tertiary/aromatic N) is 2. The van der Waals surface area contributed by atoms with E-state index in [-0.39, 0.29) is 5.69 Å². The van der Waals surface area contributed by atoms with Crippen LogP contribution in [-0.2, 0) is 0 Å². The topological polar surface area (TPSA) is 53.4 Å². The second kappa shape index (κ2) is 4.59. The molecular weight excluding hydrogens is 228 g/mol. The number of fused-ring (bicyclic) bond motifs is 1. The molecule has 2 aliphatic rings. The Hall–Kier alpha value is -1.58. The van der Waals surface area contributed by atoms with Crippen molar-refractivity contribution < 1.29 is 9.90 Å². The Balaban J connectivity index is 1.80. The first kappa shape index (κ1) is 11.5. The molecule has 1 aromatic rings. The first-order valence-electron chi connectivity index (χ1n) is 6.72. The molecule has 2 atom stereocenters. The molecule has 18 heavy (non-hydrogen) atoms. The van der Waals surface area contributed by atoms with Gasteiger partial charge < -0.3 is 10.0 Å². The van der Waals surface area contributed by atoms with Crippen molar-refractivity contribution in [3.8, 4) is 0 Å². The minimum absolute atomic E-state index is 0.123. The van der Waals surface area contributed by atoms with E-state index >= 15 is 0 Å². The lowest BCUT2D eigenvalue weighted by atomic mass is 9.85. The van der Waals surface area contributed by atoms with Gasteiger partial charge in [0.2, 0.25) is 0 Å². The minimum Gasteiger partial charge on any atom is -0.477 e. The van der Waals surface area contributed by atoms with Crippen molar-refractivity contribution in [1.82, 2.24) is 4.98 Å². The lowest BCUT2D eigenvalue weighted by molar-refractivity contribution is 0.0690. The molecule has 4 heteroatoms. The fraction of sp³-hybridized carbons (Fsp3) is 0.571. The number of anilines is 1. The summed E-state index contributed by atoms with van der Waals surface area (Å²) in [5.74, 6) is -0.128. The van der Waals surface area contributed by atoms with Gasteiger partial charge in [-0.3, -0.25) is 0 Å². The summed E-state index contributed by atoms with van der Waals surface area (Å²) in [6.45, 7) is 1.09. The number of aromatic nitrogens is 1. The average Bonchev–Trinajstić information content (AvgIpc) is 2.82. The fourth-order valence-corrected chi connectivity index (χ4v) is 3.41. The van der Waals surface area contributed by atoms with Crippen molar-refractivity contribution in [3.05, 3.63) is 24.0 Å². The SMILES string of the molecule is O=C(O)c1ccc(N2CCC3CCCCC32)cn1. The smallest absolute Gasteiger partial charge is 0.354 e. The minimum atomic E-state index is -0.960. The second-order valence-electron chi connectivity index (χ2n) is 5.30. The zero-order valence-corrected chi connectivity index (χ0v) is 10.4. The summed E-state index contributed by atoms with van der Waals surface area (Å²) >= 11 is 0. The molecule has 2 unspecified atom stereocenters. The maximum atomic E-state index is 10.8. The van der Waals surface area contributed by atoms with Crippen LogP contribution < -0.4 is 4.90 Å². The molecule has 1 saturated carbocycles. The van der Waals surface area contributed by atoms with E-state index in [1.54, 1.807) is 12.3 Å². The number of carboxylic acids is 1. The van der Waals surface area contributed by atoms with Gasteiger partial charge in [-0.2, -0.15) is 0 Å². The lowest BCUT2D eigenvalue weighted by Crippen LogP contribution is -2.34. The van der Waals surface area contributed by atoms with Crippen LogP contribution in [0.3, 0.4) is 0 Å². The Bertz CT molecular complexity index is 444. The molecule has 1 saturated heterocycles. The van der Waals surface area contributed by atoms with Crippen molar-refractivity contribution in [3.63, 3.8) is 0 Å². The predicted molar refractivity (Wildman–Crippen MR) is 68.9 cm³/mol. The second-order valence-corrected chi connectivity index (χ2v) is 5.30. The molecule has 0 aromatic carbocycles. The summed E-state index contributed by atoms with van der Waals surface area (Å²) in [6, 6.07) is 4.15. The van der Waals surface area contributed by atoms with Gasteiger partial charge >= 0.3 is 5.97 Å².